The van der Waals surface area contributed by atoms with Crippen molar-refractivity contribution in [2.45, 2.75) is 25.4 Å². The Labute approximate surface area is 84.8 Å². The SMILES string of the molecule is c1ccc(OCC2CCCCO2)cc1. The van der Waals surface area contributed by atoms with Crippen LogP contribution in [0.2, 0.25) is 0 Å². The zero-order chi connectivity index (χ0) is 9.64. The van der Waals surface area contributed by atoms with Crippen LogP contribution in [0.15, 0.2) is 30.3 Å². The molecule has 1 saturated heterocycles. The van der Waals surface area contributed by atoms with E-state index in [1.165, 1.54) is 12.8 Å². The van der Waals surface area contributed by atoms with Crippen molar-refractivity contribution in [2.24, 2.45) is 0 Å². The number of benzene rings is 1. The second kappa shape index (κ2) is 5.01. The largest absolute Gasteiger partial charge is 0.491 e. The van der Waals surface area contributed by atoms with E-state index in [-0.39, 0.29) is 0 Å². The molecule has 1 atom stereocenters. The second-order valence-corrected chi connectivity index (χ2v) is 3.61. The van der Waals surface area contributed by atoms with Crippen LogP contribution in [0.25, 0.3) is 0 Å². The van der Waals surface area contributed by atoms with Gasteiger partial charge >= 0.3 is 0 Å². The Morgan fingerprint density at radius 3 is 2.79 bits per heavy atom. The van der Waals surface area contributed by atoms with Gasteiger partial charge in [0.2, 0.25) is 0 Å². The summed E-state index contributed by atoms with van der Waals surface area (Å²) in [5.74, 6) is 0.932. The smallest absolute Gasteiger partial charge is 0.119 e. The first-order valence-corrected chi connectivity index (χ1v) is 5.24. The first kappa shape index (κ1) is 9.53. The molecule has 14 heavy (non-hydrogen) atoms. The molecule has 2 rings (SSSR count). The highest BCUT2D eigenvalue weighted by Crippen LogP contribution is 2.15. The molecule has 0 spiro atoms. The number of ether oxygens (including phenoxy) is 2. The van der Waals surface area contributed by atoms with E-state index in [0.29, 0.717) is 12.7 Å². The van der Waals surface area contributed by atoms with Crippen LogP contribution in [0.3, 0.4) is 0 Å². The predicted octanol–water partition coefficient (Wildman–Crippen LogP) is 2.63. The third-order valence-corrected chi connectivity index (χ3v) is 2.45. The summed E-state index contributed by atoms with van der Waals surface area (Å²) in [7, 11) is 0. The lowest BCUT2D eigenvalue weighted by Crippen LogP contribution is -2.25. The summed E-state index contributed by atoms with van der Waals surface area (Å²) >= 11 is 0. The van der Waals surface area contributed by atoms with Gasteiger partial charge in [-0.1, -0.05) is 18.2 Å². The summed E-state index contributed by atoms with van der Waals surface area (Å²) in [6, 6.07) is 9.91. The van der Waals surface area contributed by atoms with Crippen molar-refractivity contribution in [3.8, 4) is 5.75 Å². The maximum Gasteiger partial charge on any atom is 0.119 e. The summed E-state index contributed by atoms with van der Waals surface area (Å²) in [6.45, 7) is 1.58. The van der Waals surface area contributed by atoms with E-state index >= 15 is 0 Å². The predicted molar refractivity (Wildman–Crippen MR) is 55.5 cm³/mol. The standard InChI is InChI=1S/C12H16O2/c1-2-6-11(7-3-1)14-10-12-8-4-5-9-13-12/h1-3,6-7,12H,4-5,8-10H2. The molecule has 1 fully saturated rings. The number of para-hydroxylation sites is 1. The van der Waals surface area contributed by atoms with E-state index in [9.17, 15) is 0 Å². The average molecular weight is 192 g/mol. The monoisotopic (exact) mass is 192 g/mol. The lowest BCUT2D eigenvalue weighted by molar-refractivity contribution is -0.0110. The Bertz CT molecular complexity index is 252. The molecule has 1 aliphatic rings. The van der Waals surface area contributed by atoms with Gasteiger partial charge in [-0.05, 0) is 31.4 Å². The summed E-state index contributed by atoms with van der Waals surface area (Å²) in [4.78, 5) is 0. The first-order valence-electron chi connectivity index (χ1n) is 5.24. The Morgan fingerprint density at radius 1 is 1.21 bits per heavy atom. The maximum absolute atomic E-state index is 5.62. The van der Waals surface area contributed by atoms with E-state index in [0.717, 1.165) is 18.8 Å². The van der Waals surface area contributed by atoms with Gasteiger partial charge in [-0.3, -0.25) is 0 Å². The summed E-state index contributed by atoms with van der Waals surface area (Å²) in [6.07, 6.45) is 3.89. The Balaban J connectivity index is 1.76. The lowest BCUT2D eigenvalue weighted by Gasteiger charge is -2.22. The highest BCUT2D eigenvalue weighted by Gasteiger charge is 2.13. The zero-order valence-electron chi connectivity index (χ0n) is 8.32. The molecule has 0 bridgehead atoms. The normalized spacial score (nSPS) is 21.9. The molecule has 0 aliphatic carbocycles. The highest BCUT2D eigenvalue weighted by atomic mass is 16.5. The van der Waals surface area contributed by atoms with Crippen LogP contribution < -0.4 is 4.74 Å². The minimum atomic E-state index is 0.295. The molecular formula is C12H16O2. The summed E-state index contributed by atoms with van der Waals surface area (Å²) in [5, 5.41) is 0. The molecule has 0 saturated carbocycles. The van der Waals surface area contributed by atoms with Gasteiger partial charge in [0.05, 0.1) is 6.10 Å². The van der Waals surface area contributed by atoms with Crippen molar-refractivity contribution in [2.75, 3.05) is 13.2 Å². The van der Waals surface area contributed by atoms with E-state index in [4.69, 9.17) is 9.47 Å². The number of rotatable bonds is 3. The minimum absolute atomic E-state index is 0.295. The van der Waals surface area contributed by atoms with Gasteiger partial charge in [0, 0.05) is 6.61 Å². The Morgan fingerprint density at radius 2 is 2.07 bits per heavy atom. The van der Waals surface area contributed by atoms with E-state index in [1.807, 2.05) is 30.3 Å². The van der Waals surface area contributed by atoms with Crippen molar-refractivity contribution in [1.82, 2.24) is 0 Å². The zero-order valence-corrected chi connectivity index (χ0v) is 8.32. The molecule has 2 heteroatoms. The van der Waals surface area contributed by atoms with Gasteiger partial charge in [-0.25, -0.2) is 0 Å². The quantitative estimate of drug-likeness (QED) is 0.733. The van der Waals surface area contributed by atoms with Gasteiger partial charge in [0.1, 0.15) is 12.4 Å². The average Bonchev–Trinajstić information content (AvgIpc) is 2.29. The molecule has 1 aromatic rings. The van der Waals surface area contributed by atoms with Gasteiger partial charge < -0.3 is 9.47 Å². The first-order chi connectivity index (χ1) is 6.95. The van der Waals surface area contributed by atoms with Crippen molar-refractivity contribution < 1.29 is 9.47 Å². The van der Waals surface area contributed by atoms with Gasteiger partial charge in [-0.2, -0.15) is 0 Å². The highest BCUT2D eigenvalue weighted by molar-refractivity contribution is 5.20. The molecule has 76 valence electrons. The van der Waals surface area contributed by atoms with E-state index in [2.05, 4.69) is 0 Å². The minimum Gasteiger partial charge on any atom is -0.491 e. The molecule has 0 radical (unpaired) electrons. The molecule has 1 aliphatic heterocycles. The summed E-state index contributed by atoms with van der Waals surface area (Å²) in [5.41, 5.74) is 0. The maximum atomic E-state index is 5.62. The third kappa shape index (κ3) is 2.74. The van der Waals surface area contributed by atoms with E-state index < -0.39 is 0 Å². The molecule has 2 nitrogen and oxygen atoms in total. The van der Waals surface area contributed by atoms with Crippen LogP contribution in [0.4, 0.5) is 0 Å². The summed E-state index contributed by atoms with van der Waals surface area (Å²) < 4.78 is 11.2. The van der Waals surface area contributed by atoms with Gasteiger partial charge in [-0.15, -0.1) is 0 Å². The lowest BCUT2D eigenvalue weighted by atomic mass is 10.1. The van der Waals surface area contributed by atoms with Gasteiger partial charge in [0.25, 0.3) is 0 Å². The van der Waals surface area contributed by atoms with Crippen molar-refractivity contribution in [3.05, 3.63) is 30.3 Å². The number of hydrogen-bond acceptors (Lipinski definition) is 2. The van der Waals surface area contributed by atoms with Crippen LogP contribution in [-0.2, 0) is 4.74 Å². The molecule has 1 unspecified atom stereocenters. The Hall–Kier alpha value is -1.02. The Kier molecular flexibility index (Phi) is 3.41. The molecule has 0 aromatic heterocycles. The number of hydrogen-bond donors (Lipinski definition) is 0. The van der Waals surface area contributed by atoms with Gasteiger partial charge in [0.15, 0.2) is 0 Å². The fraction of sp³-hybridized carbons (Fsp3) is 0.500. The topological polar surface area (TPSA) is 18.5 Å². The molecule has 1 aromatic carbocycles. The van der Waals surface area contributed by atoms with Crippen molar-refractivity contribution in [1.29, 1.82) is 0 Å². The fourth-order valence-electron chi connectivity index (χ4n) is 1.64. The molecule has 0 amide bonds. The van der Waals surface area contributed by atoms with Crippen molar-refractivity contribution >= 4 is 0 Å². The van der Waals surface area contributed by atoms with Crippen LogP contribution in [0.5, 0.6) is 5.75 Å². The van der Waals surface area contributed by atoms with Crippen LogP contribution in [0.1, 0.15) is 19.3 Å². The second-order valence-electron chi connectivity index (χ2n) is 3.61. The molecular weight excluding hydrogens is 176 g/mol. The molecule has 0 N–H and O–H groups in total. The van der Waals surface area contributed by atoms with Crippen LogP contribution in [-0.4, -0.2) is 19.3 Å². The van der Waals surface area contributed by atoms with E-state index in [1.54, 1.807) is 0 Å². The molecule has 1 heterocycles. The fourth-order valence-corrected chi connectivity index (χ4v) is 1.64. The third-order valence-electron chi connectivity index (χ3n) is 2.45. The van der Waals surface area contributed by atoms with Crippen molar-refractivity contribution in [3.63, 3.8) is 0 Å². The van der Waals surface area contributed by atoms with Crippen LogP contribution in [0, 0.1) is 0 Å². The van der Waals surface area contributed by atoms with Crippen LogP contribution >= 0.6 is 0 Å².